The van der Waals surface area contributed by atoms with Gasteiger partial charge in [0.05, 0.1) is 5.75 Å². The normalized spacial score (nSPS) is 11.1. The summed E-state index contributed by atoms with van der Waals surface area (Å²) >= 11 is 1.03. The van der Waals surface area contributed by atoms with Crippen molar-refractivity contribution < 1.29 is 18.7 Å². The van der Waals surface area contributed by atoms with Crippen molar-refractivity contribution >= 4 is 23.7 Å². The van der Waals surface area contributed by atoms with Crippen LogP contribution in [0.25, 0.3) is 0 Å². The molecule has 1 aromatic carbocycles. The number of aromatic nitrogens is 3. The van der Waals surface area contributed by atoms with Crippen molar-refractivity contribution in [2.45, 2.75) is 38.1 Å². The lowest BCUT2D eigenvalue weighted by molar-refractivity contribution is -0.117. The van der Waals surface area contributed by atoms with Crippen LogP contribution in [0.3, 0.4) is 0 Å². The molecule has 0 bridgehead atoms. The van der Waals surface area contributed by atoms with Crippen molar-refractivity contribution in [2.24, 2.45) is 0 Å². The third kappa shape index (κ3) is 6.77. The lowest BCUT2D eigenvalue weighted by Crippen LogP contribution is -2.48. The Morgan fingerprint density at radius 3 is 2.56 bits per heavy atom. The largest absolute Gasteiger partial charge is 0.486 e. The van der Waals surface area contributed by atoms with E-state index in [4.69, 9.17) is 10.6 Å². The first-order chi connectivity index (χ1) is 12.6. The predicted molar refractivity (Wildman–Crippen MR) is 98.1 cm³/mol. The maximum atomic E-state index is 12.9. The van der Waals surface area contributed by atoms with E-state index in [9.17, 15) is 14.0 Å². The highest BCUT2D eigenvalue weighted by molar-refractivity contribution is 7.99. The van der Waals surface area contributed by atoms with Crippen LogP contribution in [-0.2, 0) is 11.4 Å². The number of carbonyl (C=O) groups is 2. The molecule has 0 spiro atoms. The molecule has 1 heterocycles. The van der Waals surface area contributed by atoms with Crippen molar-refractivity contribution in [1.29, 1.82) is 0 Å². The highest BCUT2D eigenvalue weighted by atomic mass is 32.2. The quantitative estimate of drug-likeness (QED) is 0.498. The van der Waals surface area contributed by atoms with E-state index < -0.39 is 17.5 Å². The van der Waals surface area contributed by atoms with E-state index in [2.05, 4.69) is 20.8 Å². The van der Waals surface area contributed by atoms with Gasteiger partial charge in [-0.2, -0.15) is 0 Å². The van der Waals surface area contributed by atoms with Gasteiger partial charge in [-0.3, -0.25) is 10.1 Å². The highest BCUT2D eigenvalue weighted by Crippen LogP contribution is 2.16. The third-order valence-electron chi connectivity index (χ3n) is 2.99. The second-order valence-corrected chi connectivity index (χ2v) is 7.49. The van der Waals surface area contributed by atoms with Crippen LogP contribution in [0.5, 0.6) is 5.75 Å². The van der Waals surface area contributed by atoms with Gasteiger partial charge in [0.1, 0.15) is 18.2 Å². The van der Waals surface area contributed by atoms with Gasteiger partial charge >= 0.3 is 6.03 Å². The summed E-state index contributed by atoms with van der Waals surface area (Å²) in [4.78, 5) is 23.5. The van der Waals surface area contributed by atoms with Gasteiger partial charge in [0.25, 0.3) is 0 Å². The number of nitrogens with one attached hydrogen (secondary N) is 2. The lowest BCUT2D eigenvalue weighted by Gasteiger charge is -2.20. The number of urea groups is 1. The van der Waals surface area contributed by atoms with Crippen LogP contribution in [-0.4, -0.2) is 38.1 Å². The molecule has 0 aliphatic rings. The Labute approximate surface area is 159 Å². The average molecular weight is 396 g/mol. The molecular weight excluding hydrogens is 375 g/mol. The zero-order chi connectivity index (χ0) is 20.0. The number of halogens is 1. The number of amides is 3. The number of ether oxygens (including phenoxy) is 1. The molecule has 0 saturated carbocycles. The standard InChI is InChI=1S/C16H21FN6O3S/c1-16(2,3)20-14(25)19-13(24)9-27-15-22-21-12(23(15)18)8-26-11-6-4-10(17)5-7-11/h4-7H,8-9,18H2,1-3H3,(H2,19,20,24,25). The molecule has 0 unspecified atom stereocenters. The topological polar surface area (TPSA) is 124 Å². The molecule has 0 fully saturated rings. The van der Waals surface area contributed by atoms with Gasteiger partial charge in [0.2, 0.25) is 11.1 Å². The van der Waals surface area contributed by atoms with Gasteiger partial charge in [-0.05, 0) is 45.0 Å². The number of hydrogen-bond donors (Lipinski definition) is 3. The summed E-state index contributed by atoms with van der Waals surface area (Å²) in [5.41, 5.74) is -0.450. The molecule has 0 aliphatic heterocycles. The minimum absolute atomic E-state index is 0.0237. The molecule has 0 aliphatic carbocycles. The van der Waals surface area contributed by atoms with Crippen LogP contribution in [0.4, 0.5) is 9.18 Å². The zero-order valence-corrected chi connectivity index (χ0v) is 16.0. The molecule has 0 atom stereocenters. The van der Waals surface area contributed by atoms with Crippen molar-refractivity contribution in [3.8, 4) is 5.75 Å². The second-order valence-electron chi connectivity index (χ2n) is 6.55. The molecule has 0 saturated heterocycles. The van der Waals surface area contributed by atoms with Crippen molar-refractivity contribution in [3.63, 3.8) is 0 Å². The number of thioether (sulfide) groups is 1. The van der Waals surface area contributed by atoms with E-state index in [1.54, 1.807) is 20.8 Å². The first-order valence-electron chi connectivity index (χ1n) is 7.96. The maximum absolute atomic E-state index is 12.9. The second kappa shape index (κ2) is 8.71. The van der Waals surface area contributed by atoms with Crippen molar-refractivity contribution in [3.05, 3.63) is 35.9 Å². The number of benzene rings is 1. The number of hydrogen-bond acceptors (Lipinski definition) is 7. The number of nitrogen functional groups attached to an aromatic ring is 1. The smallest absolute Gasteiger partial charge is 0.321 e. The maximum Gasteiger partial charge on any atom is 0.321 e. The summed E-state index contributed by atoms with van der Waals surface area (Å²) in [7, 11) is 0. The van der Waals surface area contributed by atoms with E-state index in [0.29, 0.717) is 16.7 Å². The minimum atomic E-state index is -0.573. The van der Waals surface area contributed by atoms with Crippen LogP contribution >= 0.6 is 11.8 Å². The molecule has 146 valence electrons. The molecule has 27 heavy (non-hydrogen) atoms. The fourth-order valence-corrected chi connectivity index (χ4v) is 2.52. The van der Waals surface area contributed by atoms with Crippen molar-refractivity contribution in [1.82, 2.24) is 25.5 Å². The first-order valence-corrected chi connectivity index (χ1v) is 8.95. The van der Waals surface area contributed by atoms with Crippen LogP contribution in [0.2, 0.25) is 0 Å². The fraction of sp³-hybridized carbons (Fsp3) is 0.375. The molecule has 11 heteroatoms. The minimum Gasteiger partial charge on any atom is -0.486 e. The Morgan fingerprint density at radius 1 is 1.26 bits per heavy atom. The third-order valence-corrected chi connectivity index (χ3v) is 3.93. The van der Waals surface area contributed by atoms with Gasteiger partial charge in [-0.1, -0.05) is 11.8 Å². The molecule has 3 amide bonds. The summed E-state index contributed by atoms with van der Waals surface area (Å²) in [6, 6.07) is 4.94. The number of nitrogens with zero attached hydrogens (tertiary/aromatic N) is 3. The molecule has 2 aromatic rings. The molecule has 1 aromatic heterocycles. The summed E-state index contributed by atoms with van der Waals surface area (Å²) in [5, 5.41) is 12.9. The van der Waals surface area contributed by atoms with Gasteiger partial charge < -0.3 is 15.9 Å². The van der Waals surface area contributed by atoms with Crippen LogP contribution in [0.15, 0.2) is 29.4 Å². The summed E-state index contributed by atoms with van der Waals surface area (Å²) in [6.45, 7) is 5.44. The first kappa shape index (κ1) is 20.5. The van der Waals surface area contributed by atoms with Gasteiger partial charge in [-0.25, -0.2) is 13.9 Å². The monoisotopic (exact) mass is 396 g/mol. The van der Waals surface area contributed by atoms with E-state index in [1.165, 1.54) is 28.9 Å². The summed E-state index contributed by atoms with van der Waals surface area (Å²) < 4.78 is 19.5. The zero-order valence-electron chi connectivity index (χ0n) is 15.2. The molecule has 4 N–H and O–H groups in total. The Morgan fingerprint density at radius 2 is 1.93 bits per heavy atom. The SMILES string of the molecule is CC(C)(C)NC(=O)NC(=O)CSc1nnc(COc2ccc(F)cc2)n1N. The van der Waals surface area contributed by atoms with Gasteiger partial charge in [0.15, 0.2) is 5.82 Å². The highest BCUT2D eigenvalue weighted by Gasteiger charge is 2.17. The van der Waals surface area contributed by atoms with Crippen LogP contribution in [0, 0.1) is 5.82 Å². The van der Waals surface area contributed by atoms with E-state index in [-0.39, 0.29) is 18.2 Å². The number of carbonyl (C=O) groups excluding carboxylic acids is 2. The molecular formula is C16H21FN6O3S. The van der Waals surface area contributed by atoms with Crippen LogP contribution in [0.1, 0.15) is 26.6 Å². The molecule has 9 nitrogen and oxygen atoms in total. The van der Waals surface area contributed by atoms with Crippen molar-refractivity contribution in [2.75, 3.05) is 11.6 Å². The van der Waals surface area contributed by atoms with Crippen LogP contribution < -0.4 is 21.2 Å². The van der Waals surface area contributed by atoms with Gasteiger partial charge in [0, 0.05) is 5.54 Å². The lowest BCUT2D eigenvalue weighted by atomic mass is 10.1. The summed E-state index contributed by atoms with van der Waals surface area (Å²) in [5.74, 6) is 5.75. The Bertz CT molecular complexity index is 803. The number of imide groups is 1. The average Bonchev–Trinajstić information content (AvgIpc) is 2.91. The summed E-state index contributed by atoms with van der Waals surface area (Å²) in [6.07, 6.45) is 0. The van der Waals surface area contributed by atoms with E-state index >= 15 is 0 Å². The Kier molecular flexibility index (Phi) is 6.61. The number of rotatable bonds is 6. The molecule has 2 rings (SSSR count). The Balaban J connectivity index is 1.83. The number of nitrogens with two attached hydrogens (primary N) is 1. The van der Waals surface area contributed by atoms with Gasteiger partial charge in [-0.15, -0.1) is 10.2 Å². The Hall–Kier alpha value is -2.82. The molecule has 0 radical (unpaired) electrons. The fourth-order valence-electron chi connectivity index (χ4n) is 1.85. The predicted octanol–water partition coefficient (Wildman–Crippen LogP) is 1.43. The van der Waals surface area contributed by atoms with E-state index in [1.807, 2.05) is 0 Å². The van der Waals surface area contributed by atoms with E-state index in [0.717, 1.165) is 11.8 Å².